The summed E-state index contributed by atoms with van der Waals surface area (Å²) in [6.45, 7) is 0. The van der Waals surface area contributed by atoms with Crippen LogP contribution in [0.3, 0.4) is 0 Å². The molecule has 52 valence electrons. The molecule has 0 aromatic heterocycles. The van der Waals surface area contributed by atoms with Gasteiger partial charge in [0.15, 0.2) is 5.78 Å². The third-order valence-electron chi connectivity index (χ3n) is 1.71. The van der Waals surface area contributed by atoms with E-state index in [-0.39, 0.29) is 5.78 Å². The Hall–Kier alpha value is -0.410. The highest BCUT2D eigenvalue weighted by Crippen LogP contribution is 2.13. The summed E-state index contributed by atoms with van der Waals surface area (Å²) < 4.78 is 0. The van der Waals surface area contributed by atoms with Gasteiger partial charge in [0, 0.05) is 6.42 Å². The minimum atomic E-state index is -0.612. The van der Waals surface area contributed by atoms with E-state index in [0.29, 0.717) is 12.8 Å². The maximum absolute atomic E-state index is 10.7. The van der Waals surface area contributed by atoms with Crippen LogP contribution >= 0.6 is 0 Å². The summed E-state index contributed by atoms with van der Waals surface area (Å²) in [5.41, 5.74) is 5.32. The van der Waals surface area contributed by atoms with Crippen LogP contribution in [0, 0.1) is 0 Å². The Kier molecular flexibility index (Phi) is 1.83. The van der Waals surface area contributed by atoms with Crippen LogP contribution in [0.25, 0.3) is 0 Å². The van der Waals surface area contributed by atoms with Gasteiger partial charge in [-0.05, 0) is 12.8 Å². The van der Waals surface area contributed by atoms with Gasteiger partial charge < -0.3 is 10.8 Å². The number of aliphatic hydroxyl groups is 1. The number of Topliss-reactive ketones (excluding diaryl/α,β-unsaturated/α-hetero) is 1. The van der Waals surface area contributed by atoms with Crippen LogP contribution in [0.2, 0.25) is 0 Å². The highest BCUT2D eigenvalue weighted by molar-refractivity contribution is 5.85. The third kappa shape index (κ3) is 1.28. The van der Waals surface area contributed by atoms with Crippen molar-refractivity contribution in [2.24, 2.45) is 5.73 Å². The van der Waals surface area contributed by atoms with E-state index in [4.69, 9.17) is 10.8 Å². The van der Waals surface area contributed by atoms with Crippen LogP contribution in [-0.4, -0.2) is 23.0 Å². The standard InChI is InChI=1S/C6H11NO2/c7-6-4(8)2-1-3-5(6)9/h4,6,8H,1-3,7H2. The molecule has 2 unspecified atom stereocenters. The maximum Gasteiger partial charge on any atom is 0.152 e. The average molecular weight is 129 g/mol. The second kappa shape index (κ2) is 2.45. The van der Waals surface area contributed by atoms with E-state index in [0.717, 1.165) is 6.42 Å². The van der Waals surface area contributed by atoms with Crippen molar-refractivity contribution in [2.75, 3.05) is 0 Å². The van der Waals surface area contributed by atoms with Crippen molar-refractivity contribution in [3.8, 4) is 0 Å². The van der Waals surface area contributed by atoms with Crippen LogP contribution in [-0.2, 0) is 4.79 Å². The molecule has 3 nitrogen and oxygen atoms in total. The van der Waals surface area contributed by atoms with Gasteiger partial charge in [0.2, 0.25) is 0 Å². The lowest BCUT2D eigenvalue weighted by Gasteiger charge is -2.21. The molecule has 0 amide bonds. The third-order valence-corrected chi connectivity index (χ3v) is 1.71. The Bertz CT molecular complexity index is 124. The summed E-state index contributed by atoms with van der Waals surface area (Å²) in [4.78, 5) is 10.7. The molecule has 9 heavy (non-hydrogen) atoms. The van der Waals surface area contributed by atoms with Gasteiger partial charge in [-0.25, -0.2) is 0 Å². The number of carbonyl (C=O) groups is 1. The first-order chi connectivity index (χ1) is 4.22. The molecule has 0 aromatic rings. The Morgan fingerprint density at radius 1 is 1.67 bits per heavy atom. The molecular weight excluding hydrogens is 118 g/mol. The molecule has 0 radical (unpaired) electrons. The van der Waals surface area contributed by atoms with Crippen molar-refractivity contribution >= 4 is 5.78 Å². The molecular formula is C6H11NO2. The quantitative estimate of drug-likeness (QED) is 0.460. The van der Waals surface area contributed by atoms with Gasteiger partial charge in [-0.15, -0.1) is 0 Å². The lowest BCUT2D eigenvalue weighted by Crippen LogP contribution is -2.44. The van der Waals surface area contributed by atoms with Crippen LogP contribution in [0.4, 0.5) is 0 Å². The number of hydrogen-bond donors (Lipinski definition) is 2. The van der Waals surface area contributed by atoms with E-state index in [1.807, 2.05) is 0 Å². The minimum absolute atomic E-state index is 0.00579. The van der Waals surface area contributed by atoms with Gasteiger partial charge in [-0.3, -0.25) is 4.79 Å². The molecule has 1 saturated carbocycles. The summed E-state index contributed by atoms with van der Waals surface area (Å²) >= 11 is 0. The Morgan fingerprint density at radius 2 is 2.33 bits per heavy atom. The SMILES string of the molecule is NC1C(=O)CCCC1O. The van der Waals surface area contributed by atoms with Crippen LogP contribution in [0.5, 0.6) is 0 Å². The molecule has 3 heteroatoms. The number of nitrogens with two attached hydrogens (primary N) is 1. The Morgan fingerprint density at radius 3 is 2.78 bits per heavy atom. The molecule has 0 bridgehead atoms. The summed E-state index contributed by atoms with van der Waals surface area (Å²) in [6.07, 6.45) is 1.41. The zero-order chi connectivity index (χ0) is 6.85. The first kappa shape index (κ1) is 6.71. The number of aliphatic hydroxyl groups excluding tert-OH is 1. The summed E-state index contributed by atoms with van der Waals surface area (Å²) in [5.74, 6) is -0.00579. The van der Waals surface area contributed by atoms with Crippen molar-refractivity contribution in [2.45, 2.75) is 31.4 Å². The molecule has 2 atom stereocenters. The predicted octanol–water partition coefficient (Wildman–Crippen LogP) is -0.572. The number of rotatable bonds is 0. The van der Waals surface area contributed by atoms with Crippen molar-refractivity contribution in [3.63, 3.8) is 0 Å². The normalized spacial score (nSPS) is 36.9. The molecule has 1 rings (SSSR count). The number of carbonyl (C=O) groups excluding carboxylic acids is 1. The lowest BCUT2D eigenvalue weighted by atomic mass is 9.92. The first-order valence-electron chi connectivity index (χ1n) is 3.18. The molecule has 1 aliphatic rings. The fourth-order valence-electron chi connectivity index (χ4n) is 1.05. The smallest absolute Gasteiger partial charge is 0.152 e. The highest BCUT2D eigenvalue weighted by atomic mass is 16.3. The predicted molar refractivity (Wildman–Crippen MR) is 32.8 cm³/mol. The van der Waals surface area contributed by atoms with Gasteiger partial charge >= 0.3 is 0 Å². The zero-order valence-corrected chi connectivity index (χ0v) is 5.21. The Balaban J connectivity index is 2.51. The van der Waals surface area contributed by atoms with Crippen molar-refractivity contribution < 1.29 is 9.90 Å². The fraction of sp³-hybridized carbons (Fsp3) is 0.833. The van der Waals surface area contributed by atoms with Gasteiger partial charge in [0.05, 0.1) is 12.1 Å². The van der Waals surface area contributed by atoms with E-state index in [2.05, 4.69) is 0 Å². The van der Waals surface area contributed by atoms with Crippen molar-refractivity contribution in [1.29, 1.82) is 0 Å². The van der Waals surface area contributed by atoms with Crippen LogP contribution in [0.1, 0.15) is 19.3 Å². The lowest BCUT2D eigenvalue weighted by molar-refractivity contribution is -0.124. The van der Waals surface area contributed by atoms with Gasteiger partial charge in [0.1, 0.15) is 0 Å². The highest BCUT2D eigenvalue weighted by Gasteiger charge is 2.26. The summed E-state index contributed by atoms with van der Waals surface area (Å²) in [7, 11) is 0. The van der Waals surface area contributed by atoms with Crippen molar-refractivity contribution in [3.05, 3.63) is 0 Å². The summed E-state index contributed by atoms with van der Waals surface area (Å²) in [6, 6.07) is -0.612. The van der Waals surface area contributed by atoms with E-state index < -0.39 is 12.1 Å². The second-order valence-electron chi connectivity index (χ2n) is 2.45. The minimum Gasteiger partial charge on any atom is -0.391 e. The molecule has 3 N–H and O–H groups in total. The van der Waals surface area contributed by atoms with Gasteiger partial charge in [0.25, 0.3) is 0 Å². The molecule has 0 aromatic carbocycles. The van der Waals surface area contributed by atoms with E-state index >= 15 is 0 Å². The zero-order valence-electron chi connectivity index (χ0n) is 5.21. The molecule has 1 aliphatic carbocycles. The van der Waals surface area contributed by atoms with E-state index in [1.165, 1.54) is 0 Å². The fourth-order valence-corrected chi connectivity index (χ4v) is 1.05. The molecule has 0 saturated heterocycles. The largest absolute Gasteiger partial charge is 0.391 e. The van der Waals surface area contributed by atoms with Gasteiger partial charge in [-0.1, -0.05) is 0 Å². The number of ketones is 1. The monoisotopic (exact) mass is 129 g/mol. The average Bonchev–Trinajstić information content (AvgIpc) is 1.83. The second-order valence-corrected chi connectivity index (χ2v) is 2.45. The van der Waals surface area contributed by atoms with Crippen LogP contribution < -0.4 is 5.73 Å². The molecule has 0 spiro atoms. The van der Waals surface area contributed by atoms with Crippen molar-refractivity contribution in [1.82, 2.24) is 0 Å². The summed E-state index contributed by atoms with van der Waals surface area (Å²) in [5, 5.41) is 9.00. The molecule has 0 heterocycles. The van der Waals surface area contributed by atoms with E-state index in [1.54, 1.807) is 0 Å². The topological polar surface area (TPSA) is 63.3 Å². The number of hydrogen-bond acceptors (Lipinski definition) is 3. The first-order valence-corrected chi connectivity index (χ1v) is 3.18. The molecule has 0 aliphatic heterocycles. The van der Waals surface area contributed by atoms with Crippen LogP contribution in [0.15, 0.2) is 0 Å². The van der Waals surface area contributed by atoms with E-state index in [9.17, 15) is 4.79 Å². The van der Waals surface area contributed by atoms with Gasteiger partial charge in [-0.2, -0.15) is 0 Å². The Labute approximate surface area is 53.9 Å². The molecule has 1 fully saturated rings. The maximum atomic E-state index is 10.7.